The van der Waals surface area contributed by atoms with Crippen LogP contribution in [-0.2, 0) is 6.54 Å². The normalized spacial score (nSPS) is 26.7. The number of nitrogen functional groups attached to an aromatic ring is 1. The topological polar surface area (TPSA) is 66.6 Å². The maximum absolute atomic E-state index is 11.3. The third-order valence-corrected chi connectivity index (χ3v) is 4.29. The SMILES string of the molecule is Nc1cccc(CN2CC3CCC2C3)c1C(=O)O. The fraction of sp³-hybridized carbons (Fsp3) is 0.500. The van der Waals surface area contributed by atoms with Crippen LogP contribution >= 0.6 is 0 Å². The molecule has 1 aromatic carbocycles. The molecule has 1 heterocycles. The smallest absolute Gasteiger partial charge is 0.338 e. The number of nitrogens with zero attached hydrogens (tertiary/aromatic N) is 1. The van der Waals surface area contributed by atoms with E-state index in [4.69, 9.17) is 5.73 Å². The molecule has 2 fully saturated rings. The van der Waals surface area contributed by atoms with E-state index >= 15 is 0 Å². The molecule has 0 radical (unpaired) electrons. The van der Waals surface area contributed by atoms with E-state index in [2.05, 4.69) is 4.90 Å². The van der Waals surface area contributed by atoms with E-state index < -0.39 is 5.97 Å². The number of carboxylic acid groups (broad SMARTS) is 1. The molecule has 1 aliphatic heterocycles. The molecule has 3 rings (SSSR count). The highest BCUT2D eigenvalue weighted by atomic mass is 16.4. The highest BCUT2D eigenvalue weighted by molar-refractivity contribution is 5.95. The van der Waals surface area contributed by atoms with Gasteiger partial charge in [-0.15, -0.1) is 0 Å². The van der Waals surface area contributed by atoms with Gasteiger partial charge in [-0.3, -0.25) is 4.90 Å². The standard InChI is InChI=1S/C14H18N2O2/c15-12-3-1-2-10(13(12)14(17)18)8-16-7-9-4-5-11(16)6-9/h1-3,9,11H,4-8,15H2,(H,17,18). The third-order valence-electron chi connectivity index (χ3n) is 4.29. The Morgan fingerprint density at radius 1 is 1.44 bits per heavy atom. The van der Waals surface area contributed by atoms with Gasteiger partial charge in [0.1, 0.15) is 0 Å². The van der Waals surface area contributed by atoms with Gasteiger partial charge in [0.05, 0.1) is 5.56 Å². The van der Waals surface area contributed by atoms with Gasteiger partial charge in [0, 0.05) is 24.8 Å². The highest BCUT2D eigenvalue weighted by Gasteiger charge is 2.37. The van der Waals surface area contributed by atoms with E-state index in [1.165, 1.54) is 19.3 Å². The minimum absolute atomic E-state index is 0.278. The molecule has 2 atom stereocenters. The molecule has 0 spiro atoms. The first-order valence-electron chi connectivity index (χ1n) is 6.50. The monoisotopic (exact) mass is 246 g/mol. The number of anilines is 1. The van der Waals surface area contributed by atoms with Gasteiger partial charge in [0.15, 0.2) is 0 Å². The van der Waals surface area contributed by atoms with Gasteiger partial charge in [-0.1, -0.05) is 12.1 Å². The number of benzene rings is 1. The molecule has 96 valence electrons. The van der Waals surface area contributed by atoms with Crippen molar-refractivity contribution in [2.24, 2.45) is 5.92 Å². The summed E-state index contributed by atoms with van der Waals surface area (Å²) in [5.74, 6) is -0.100. The molecule has 4 nitrogen and oxygen atoms in total. The number of hydrogen-bond donors (Lipinski definition) is 2. The van der Waals surface area contributed by atoms with Crippen LogP contribution in [0.2, 0.25) is 0 Å². The average Bonchev–Trinajstić information content (AvgIpc) is 2.90. The molecule has 2 aliphatic rings. The second-order valence-electron chi connectivity index (χ2n) is 5.45. The van der Waals surface area contributed by atoms with Crippen molar-refractivity contribution in [1.29, 1.82) is 0 Å². The fourth-order valence-electron chi connectivity index (χ4n) is 3.45. The van der Waals surface area contributed by atoms with Crippen molar-refractivity contribution in [1.82, 2.24) is 4.90 Å². The minimum atomic E-state index is -0.924. The van der Waals surface area contributed by atoms with Crippen LogP contribution in [0.1, 0.15) is 35.2 Å². The molecule has 1 aliphatic carbocycles. The second-order valence-corrected chi connectivity index (χ2v) is 5.45. The average molecular weight is 246 g/mol. The van der Waals surface area contributed by atoms with Crippen molar-refractivity contribution >= 4 is 11.7 Å². The van der Waals surface area contributed by atoms with E-state index in [-0.39, 0.29) is 5.56 Å². The van der Waals surface area contributed by atoms with Gasteiger partial charge in [0.25, 0.3) is 0 Å². The van der Waals surface area contributed by atoms with Crippen LogP contribution in [0.4, 0.5) is 5.69 Å². The Bertz CT molecular complexity index is 487. The number of rotatable bonds is 3. The molecular formula is C14H18N2O2. The Morgan fingerprint density at radius 2 is 2.28 bits per heavy atom. The lowest BCUT2D eigenvalue weighted by atomic mass is 10.0. The maximum Gasteiger partial charge on any atom is 0.338 e. The summed E-state index contributed by atoms with van der Waals surface area (Å²) < 4.78 is 0. The summed E-state index contributed by atoms with van der Waals surface area (Å²) in [6, 6.07) is 6.03. The Kier molecular flexibility index (Phi) is 2.74. The van der Waals surface area contributed by atoms with Gasteiger partial charge in [-0.25, -0.2) is 4.79 Å². The molecule has 0 amide bonds. The molecular weight excluding hydrogens is 228 g/mol. The Balaban J connectivity index is 1.84. The molecule has 2 bridgehead atoms. The first kappa shape index (κ1) is 11.5. The number of nitrogens with two attached hydrogens (primary N) is 1. The van der Waals surface area contributed by atoms with Gasteiger partial charge in [-0.05, 0) is 36.8 Å². The zero-order valence-electron chi connectivity index (χ0n) is 10.3. The van der Waals surface area contributed by atoms with E-state index in [1.807, 2.05) is 12.1 Å². The van der Waals surface area contributed by atoms with Crippen molar-refractivity contribution in [3.63, 3.8) is 0 Å². The summed E-state index contributed by atoms with van der Waals surface area (Å²) in [4.78, 5) is 13.7. The maximum atomic E-state index is 11.3. The highest BCUT2D eigenvalue weighted by Crippen LogP contribution is 2.38. The van der Waals surface area contributed by atoms with Crippen LogP contribution in [0, 0.1) is 5.92 Å². The van der Waals surface area contributed by atoms with Gasteiger partial charge in [0.2, 0.25) is 0 Å². The van der Waals surface area contributed by atoms with Gasteiger partial charge < -0.3 is 10.8 Å². The number of likely N-dealkylation sites (tertiary alicyclic amines) is 1. The largest absolute Gasteiger partial charge is 0.478 e. The number of piperidine rings is 1. The predicted molar refractivity (Wildman–Crippen MR) is 69.4 cm³/mol. The summed E-state index contributed by atoms with van der Waals surface area (Å²) >= 11 is 0. The quantitative estimate of drug-likeness (QED) is 0.800. The summed E-state index contributed by atoms with van der Waals surface area (Å²) in [5.41, 5.74) is 7.26. The molecule has 1 saturated carbocycles. The Labute approximate surface area is 106 Å². The van der Waals surface area contributed by atoms with Gasteiger partial charge in [-0.2, -0.15) is 0 Å². The molecule has 3 N–H and O–H groups in total. The summed E-state index contributed by atoms with van der Waals surface area (Å²) in [5, 5.41) is 9.25. The van der Waals surface area contributed by atoms with Crippen LogP contribution < -0.4 is 5.73 Å². The van der Waals surface area contributed by atoms with Crippen molar-refractivity contribution in [3.8, 4) is 0 Å². The lowest BCUT2D eigenvalue weighted by Gasteiger charge is -2.27. The van der Waals surface area contributed by atoms with E-state index in [1.54, 1.807) is 6.07 Å². The second kappa shape index (κ2) is 4.28. The third kappa shape index (κ3) is 1.86. The van der Waals surface area contributed by atoms with Gasteiger partial charge >= 0.3 is 5.97 Å². The van der Waals surface area contributed by atoms with E-state index in [0.717, 1.165) is 18.0 Å². The van der Waals surface area contributed by atoms with Crippen LogP contribution in [0.5, 0.6) is 0 Å². The summed E-state index contributed by atoms with van der Waals surface area (Å²) in [6.45, 7) is 1.83. The van der Waals surface area contributed by atoms with Crippen molar-refractivity contribution in [2.75, 3.05) is 12.3 Å². The molecule has 1 saturated heterocycles. The number of aromatic carboxylic acids is 1. The number of carbonyl (C=O) groups is 1. The first-order valence-corrected chi connectivity index (χ1v) is 6.50. The number of fused-ring (bicyclic) bond motifs is 2. The summed E-state index contributed by atoms with van der Waals surface area (Å²) in [6.07, 6.45) is 3.88. The predicted octanol–water partition coefficient (Wildman–Crippen LogP) is 1.95. The first-order chi connectivity index (χ1) is 8.65. The molecule has 18 heavy (non-hydrogen) atoms. The van der Waals surface area contributed by atoms with Crippen molar-refractivity contribution in [3.05, 3.63) is 29.3 Å². The lowest BCUT2D eigenvalue weighted by molar-refractivity contribution is 0.0695. The molecule has 2 unspecified atom stereocenters. The van der Waals surface area contributed by atoms with Crippen LogP contribution in [0.15, 0.2) is 18.2 Å². The Morgan fingerprint density at radius 3 is 2.89 bits per heavy atom. The fourth-order valence-corrected chi connectivity index (χ4v) is 3.45. The van der Waals surface area contributed by atoms with E-state index in [9.17, 15) is 9.90 Å². The number of carboxylic acids is 1. The number of hydrogen-bond acceptors (Lipinski definition) is 3. The zero-order valence-corrected chi connectivity index (χ0v) is 10.3. The zero-order chi connectivity index (χ0) is 12.7. The van der Waals surface area contributed by atoms with Crippen LogP contribution in [0.25, 0.3) is 0 Å². The molecule has 0 aromatic heterocycles. The van der Waals surface area contributed by atoms with Crippen molar-refractivity contribution in [2.45, 2.75) is 31.8 Å². The van der Waals surface area contributed by atoms with Crippen LogP contribution in [0.3, 0.4) is 0 Å². The lowest BCUT2D eigenvalue weighted by Crippen LogP contribution is -2.32. The minimum Gasteiger partial charge on any atom is -0.478 e. The van der Waals surface area contributed by atoms with Crippen molar-refractivity contribution < 1.29 is 9.90 Å². The Hall–Kier alpha value is -1.55. The molecule has 1 aromatic rings. The van der Waals surface area contributed by atoms with Crippen LogP contribution in [-0.4, -0.2) is 28.6 Å². The molecule has 4 heteroatoms. The van der Waals surface area contributed by atoms with E-state index in [0.29, 0.717) is 18.3 Å². The summed E-state index contributed by atoms with van der Waals surface area (Å²) in [7, 11) is 0.